The number of aromatic nitrogens is 2. The molecule has 0 fully saturated rings. The van der Waals surface area contributed by atoms with Crippen molar-refractivity contribution < 1.29 is 9.53 Å². The van der Waals surface area contributed by atoms with Crippen LogP contribution in [0.2, 0.25) is 0 Å². The molecule has 2 heterocycles. The number of aryl methyl sites for hydroxylation is 2. The van der Waals surface area contributed by atoms with E-state index < -0.39 is 0 Å². The summed E-state index contributed by atoms with van der Waals surface area (Å²) >= 11 is 0. The maximum absolute atomic E-state index is 12.0. The van der Waals surface area contributed by atoms with Gasteiger partial charge >= 0.3 is 5.97 Å². The lowest BCUT2D eigenvalue weighted by atomic mass is 10.0. The quantitative estimate of drug-likeness (QED) is 0.501. The van der Waals surface area contributed by atoms with Gasteiger partial charge in [0.1, 0.15) is 0 Å². The molecule has 2 aromatic heterocycles. The lowest BCUT2D eigenvalue weighted by Crippen LogP contribution is -2.03. The van der Waals surface area contributed by atoms with Gasteiger partial charge in [0.15, 0.2) is 0 Å². The van der Waals surface area contributed by atoms with Gasteiger partial charge < -0.3 is 4.74 Å². The Labute approximate surface area is 116 Å². The molecule has 3 aromatic rings. The SMILES string of the molecule is COC(=O)c1cc2ccc(C)nc2c2nc(C)ccc12. The van der Waals surface area contributed by atoms with E-state index in [1.165, 1.54) is 7.11 Å². The summed E-state index contributed by atoms with van der Waals surface area (Å²) in [6, 6.07) is 9.47. The zero-order valence-electron chi connectivity index (χ0n) is 11.6. The first kappa shape index (κ1) is 12.5. The van der Waals surface area contributed by atoms with Crippen LogP contribution in [0.4, 0.5) is 0 Å². The number of pyridine rings is 2. The Kier molecular flexibility index (Phi) is 2.86. The predicted molar refractivity (Wildman–Crippen MR) is 77.9 cm³/mol. The van der Waals surface area contributed by atoms with E-state index in [0.29, 0.717) is 5.56 Å². The number of carbonyl (C=O) groups is 1. The number of rotatable bonds is 1. The van der Waals surface area contributed by atoms with Crippen molar-refractivity contribution in [2.45, 2.75) is 13.8 Å². The highest BCUT2D eigenvalue weighted by atomic mass is 16.5. The van der Waals surface area contributed by atoms with Crippen LogP contribution in [0.3, 0.4) is 0 Å². The van der Waals surface area contributed by atoms with Crippen molar-refractivity contribution in [3.05, 3.63) is 47.3 Å². The minimum absolute atomic E-state index is 0.358. The molecule has 0 radical (unpaired) electrons. The molecule has 0 amide bonds. The number of methoxy groups -OCH3 is 1. The molecule has 0 saturated heterocycles. The third-order valence-corrected chi connectivity index (χ3v) is 3.32. The summed E-state index contributed by atoms with van der Waals surface area (Å²) in [6.07, 6.45) is 0. The van der Waals surface area contributed by atoms with Gasteiger partial charge in [0, 0.05) is 22.2 Å². The highest BCUT2D eigenvalue weighted by Crippen LogP contribution is 2.27. The summed E-state index contributed by atoms with van der Waals surface area (Å²) in [5, 5.41) is 1.66. The molecular formula is C16H14N2O2. The second-order valence-corrected chi connectivity index (χ2v) is 4.79. The van der Waals surface area contributed by atoms with Crippen LogP contribution in [0.25, 0.3) is 21.8 Å². The van der Waals surface area contributed by atoms with Gasteiger partial charge in [-0.2, -0.15) is 0 Å². The topological polar surface area (TPSA) is 52.1 Å². The standard InChI is InChI=1S/C16H14N2O2/c1-9-4-6-11-8-13(16(19)20-3)12-7-5-10(2)18-15(12)14(11)17-9/h4-8H,1-3H3. The molecule has 0 aliphatic rings. The van der Waals surface area contributed by atoms with Crippen molar-refractivity contribution in [2.75, 3.05) is 7.11 Å². The molecule has 3 rings (SSSR count). The molecule has 4 nitrogen and oxygen atoms in total. The van der Waals surface area contributed by atoms with Crippen LogP contribution in [-0.4, -0.2) is 23.0 Å². The third kappa shape index (κ3) is 1.90. The van der Waals surface area contributed by atoms with Crippen LogP contribution >= 0.6 is 0 Å². The Morgan fingerprint density at radius 2 is 1.65 bits per heavy atom. The van der Waals surface area contributed by atoms with E-state index in [0.717, 1.165) is 33.2 Å². The Morgan fingerprint density at radius 3 is 2.35 bits per heavy atom. The summed E-state index contributed by atoms with van der Waals surface area (Å²) in [7, 11) is 1.38. The van der Waals surface area contributed by atoms with Crippen LogP contribution in [0, 0.1) is 13.8 Å². The molecule has 0 saturated carbocycles. The molecule has 100 valence electrons. The molecule has 0 atom stereocenters. The average molecular weight is 266 g/mol. The van der Waals surface area contributed by atoms with Crippen LogP contribution in [-0.2, 0) is 4.74 Å². The molecule has 0 N–H and O–H groups in total. The minimum Gasteiger partial charge on any atom is -0.465 e. The molecule has 0 unspecified atom stereocenters. The first-order valence-corrected chi connectivity index (χ1v) is 6.36. The van der Waals surface area contributed by atoms with Crippen molar-refractivity contribution in [3.63, 3.8) is 0 Å². The molecule has 0 spiro atoms. The van der Waals surface area contributed by atoms with E-state index in [1.54, 1.807) is 0 Å². The summed E-state index contributed by atoms with van der Waals surface area (Å²) in [4.78, 5) is 21.1. The molecule has 20 heavy (non-hydrogen) atoms. The van der Waals surface area contributed by atoms with E-state index in [9.17, 15) is 4.79 Å². The number of esters is 1. The molecule has 0 bridgehead atoms. The molecule has 0 aliphatic heterocycles. The summed E-state index contributed by atoms with van der Waals surface area (Å²) in [5.74, 6) is -0.358. The van der Waals surface area contributed by atoms with Crippen LogP contribution < -0.4 is 0 Å². The van der Waals surface area contributed by atoms with Crippen molar-refractivity contribution in [1.82, 2.24) is 9.97 Å². The molecule has 4 heteroatoms. The lowest BCUT2D eigenvalue weighted by Gasteiger charge is -2.09. The zero-order valence-corrected chi connectivity index (χ0v) is 11.6. The smallest absolute Gasteiger partial charge is 0.338 e. The van der Waals surface area contributed by atoms with Crippen molar-refractivity contribution in [2.24, 2.45) is 0 Å². The lowest BCUT2D eigenvalue weighted by molar-refractivity contribution is 0.0603. The summed E-state index contributed by atoms with van der Waals surface area (Å²) < 4.78 is 4.86. The van der Waals surface area contributed by atoms with Gasteiger partial charge in [0.05, 0.1) is 23.7 Å². The van der Waals surface area contributed by atoms with Crippen molar-refractivity contribution in [3.8, 4) is 0 Å². The van der Waals surface area contributed by atoms with Crippen LogP contribution in [0.5, 0.6) is 0 Å². The van der Waals surface area contributed by atoms with E-state index >= 15 is 0 Å². The fraction of sp³-hybridized carbons (Fsp3) is 0.188. The zero-order chi connectivity index (χ0) is 14.3. The second kappa shape index (κ2) is 4.56. The number of nitrogens with zero attached hydrogens (tertiary/aromatic N) is 2. The summed E-state index contributed by atoms with van der Waals surface area (Å²) in [6.45, 7) is 3.86. The van der Waals surface area contributed by atoms with Crippen LogP contribution in [0.15, 0.2) is 30.3 Å². The van der Waals surface area contributed by atoms with Crippen LogP contribution in [0.1, 0.15) is 21.7 Å². The first-order valence-electron chi connectivity index (χ1n) is 6.36. The Bertz CT molecular complexity index is 841. The van der Waals surface area contributed by atoms with Gasteiger partial charge in [0.2, 0.25) is 0 Å². The molecular weight excluding hydrogens is 252 g/mol. The van der Waals surface area contributed by atoms with Gasteiger partial charge in [0.25, 0.3) is 0 Å². The maximum atomic E-state index is 12.0. The van der Waals surface area contributed by atoms with Gasteiger partial charge in [-0.05, 0) is 32.0 Å². The van der Waals surface area contributed by atoms with Gasteiger partial charge in [-0.25, -0.2) is 4.79 Å². The van der Waals surface area contributed by atoms with E-state index in [-0.39, 0.29) is 5.97 Å². The first-order chi connectivity index (χ1) is 9.60. The van der Waals surface area contributed by atoms with Crippen molar-refractivity contribution in [1.29, 1.82) is 0 Å². The highest BCUT2D eigenvalue weighted by Gasteiger charge is 2.15. The Morgan fingerprint density at radius 1 is 1.00 bits per heavy atom. The Balaban J connectivity index is 2.51. The maximum Gasteiger partial charge on any atom is 0.338 e. The van der Waals surface area contributed by atoms with E-state index in [4.69, 9.17) is 4.74 Å². The highest BCUT2D eigenvalue weighted by molar-refractivity contribution is 6.13. The normalized spacial score (nSPS) is 10.9. The fourth-order valence-electron chi connectivity index (χ4n) is 2.34. The second-order valence-electron chi connectivity index (χ2n) is 4.79. The van der Waals surface area contributed by atoms with Gasteiger partial charge in [-0.1, -0.05) is 12.1 Å². The van der Waals surface area contributed by atoms with E-state index in [1.807, 2.05) is 44.2 Å². The minimum atomic E-state index is -0.358. The predicted octanol–water partition coefficient (Wildman–Crippen LogP) is 3.19. The van der Waals surface area contributed by atoms with Gasteiger partial charge in [-0.15, -0.1) is 0 Å². The number of carbonyl (C=O) groups excluding carboxylic acids is 1. The van der Waals surface area contributed by atoms with Crippen molar-refractivity contribution >= 4 is 27.8 Å². The molecule has 0 aliphatic carbocycles. The van der Waals surface area contributed by atoms with E-state index in [2.05, 4.69) is 9.97 Å². The average Bonchev–Trinajstić information content (AvgIpc) is 2.45. The largest absolute Gasteiger partial charge is 0.465 e. The summed E-state index contributed by atoms with van der Waals surface area (Å²) in [5.41, 5.74) is 3.90. The monoisotopic (exact) mass is 266 g/mol. The number of hydrogen-bond acceptors (Lipinski definition) is 4. The number of ether oxygens (including phenoxy) is 1. The number of benzene rings is 1. The fourth-order valence-corrected chi connectivity index (χ4v) is 2.34. The third-order valence-electron chi connectivity index (χ3n) is 3.32. The number of hydrogen-bond donors (Lipinski definition) is 0. The Hall–Kier alpha value is -2.49. The molecule has 1 aromatic carbocycles. The number of fused-ring (bicyclic) bond motifs is 3. The van der Waals surface area contributed by atoms with Gasteiger partial charge in [-0.3, -0.25) is 9.97 Å².